The zero-order valence-corrected chi connectivity index (χ0v) is 23.5. The van der Waals surface area contributed by atoms with Crippen LogP contribution >= 0.6 is 0 Å². The van der Waals surface area contributed by atoms with E-state index in [0.29, 0.717) is 33.5 Å². The van der Waals surface area contributed by atoms with Crippen LogP contribution in [0.25, 0.3) is 28.3 Å². The molecule has 4 rings (SSSR count). The number of ether oxygens (including phenoxy) is 2. The van der Waals surface area contributed by atoms with Crippen LogP contribution < -0.4 is 10.1 Å². The number of benzene rings is 3. The Balaban J connectivity index is 1.74. The fraction of sp³-hybridized carbons (Fsp3) is 0.182. The highest BCUT2D eigenvalue weighted by molar-refractivity contribution is 6.06. The van der Waals surface area contributed by atoms with Crippen molar-refractivity contribution in [3.05, 3.63) is 107 Å². The number of aromatic amines is 1. The molecule has 0 unspecified atom stereocenters. The lowest BCUT2D eigenvalue weighted by Crippen LogP contribution is -2.23. The molecule has 4 aromatic rings. The van der Waals surface area contributed by atoms with E-state index in [-0.39, 0.29) is 30.8 Å². The number of carbonyl (C=O) groups is 3. The number of aliphatic hydroxyl groups excluding tert-OH is 1. The average molecular weight is 589 g/mol. The summed E-state index contributed by atoms with van der Waals surface area (Å²) in [5.74, 6) is -2.52. The zero-order chi connectivity index (χ0) is 30.9. The van der Waals surface area contributed by atoms with Crippen molar-refractivity contribution in [2.24, 2.45) is 0 Å². The second kappa shape index (κ2) is 14.2. The Morgan fingerprint density at radius 3 is 2.30 bits per heavy atom. The van der Waals surface area contributed by atoms with Crippen LogP contribution in [0, 0.1) is 11.6 Å². The van der Waals surface area contributed by atoms with Crippen molar-refractivity contribution in [2.45, 2.75) is 25.5 Å². The highest BCUT2D eigenvalue weighted by Gasteiger charge is 2.24. The van der Waals surface area contributed by atoms with Crippen LogP contribution in [0.5, 0.6) is 5.75 Å². The molecule has 0 radical (unpaired) electrons. The first-order valence-corrected chi connectivity index (χ1v) is 13.3. The normalized spacial score (nSPS) is 11.7. The maximum atomic E-state index is 13.9. The molecule has 1 aromatic heterocycles. The lowest BCUT2D eigenvalue weighted by Gasteiger charge is -2.10. The molecule has 0 aliphatic rings. The fourth-order valence-corrected chi connectivity index (χ4v) is 4.53. The number of aliphatic hydroxyl groups is 1. The van der Waals surface area contributed by atoms with Crippen molar-refractivity contribution >= 4 is 23.7 Å². The van der Waals surface area contributed by atoms with E-state index < -0.39 is 35.4 Å². The van der Waals surface area contributed by atoms with E-state index in [1.165, 1.54) is 56.7 Å². The summed E-state index contributed by atoms with van der Waals surface area (Å²) < 4.78 is 37.3. The molecule has 0 aliphatic carbocycles. The molecule has 1 heterocycles. The third-order valence-corrected chi connectivity index (χ3v) is 6.62. The Bertz CT molecular complexity index is 1630. The number of halogens is 2. The van der Waals surface area contributed by atoms with Gasteiger partial charge in [0.05, 0.1) is 26.7 Å². The molecule has 0 saturated heterocycles. The number of esters is 1. The summed E-state index contributed by atoms with van der Waals surface area (Å²) in [6.07, 6.45) is 0.830. The van der Waals surface area contributed by atoms with E-state index in [1.54, 1.807) is 12.1 Å². The van der Waals surface area contributed by atoms with E-state index in [1.807, 2.05) is 30.3 Å². The third kappa shape index (κ3) is 7.81. The maximum Gasteiger partial charge on any atom is 0.308 e. The maximum absolute atomic E-state index is 13.9. The summed E-state index contributed by atoms with van der Waals surface area (Å²) in [7, 11) is 2.54. The number of methoxy groups -OCH3 is 2. The van der Waals surface area contributed by atoms with E-state index in [9.17, 15) is 28.3 Å². The van der Waals surface area contributed by atoms with Crippen LogP contribution in [0.1, 0.15) is 34.6 Å². The minimum Gasteiger partial charge on any atom is -0.494 e. The van der Waals surface area contributed by atoms with Crippen molar-refractivity contribution in [3.63, 3.8) is 0 Å². The molecule has 1 amide bonds. The molecule has 0 saturated carbocycles. The lowest BCUT2D eigenvalue weighted by molar-refractivity contribution is -0.143. The molecule has 8 nitrogen and oxygen atoms in total. The molecule has 1 atom stereocenters. The van der Waals surface area contributed by atoms with Gasteiger partial charge in [-0.1, -0.05) is 48.5 Å². The van der Waals surface area contributed by atoms with E-state index >= 15 is 0 Å². The number of hydrogen-bond acceptors (Lipinski definition) is 6. The summed E-state index contributed by atoms with van der Waals surface area (Å²) in [6, 6.07) is 19.1. The number of amides is 1. The summed E-state index contributed by atoms with van der Waals surface area (Å²) in [4.78, 5) is 40.8. The van der Waals surface area contributed by atoms with Gasteiger partial charge in [-0.25, -0.2) is 8.78 Å². The van der Waals surface area contributed by atoms with Gasteiger partial charge in [-0.2, -0.15) is 0 Å². The van der Waals surface area contributed by atoms with Crippen LogP contribution in [0.15, 0.2) is 78.9 Å². The summed E-state index contributed by atoms with van der Waals surface area (Å²) >= 11 is 0. The number of carbonyl (C=O) groups excluding carboxylic acids is 3. The number of ketones is 1. The molecule has 43 heavy (non-hydrogen) atoms. The van der Waals surface area contributed by atoms with E-state index in [2.05, 4.69) is 15.0 Å². The molecule has 3 N–H and O–H groups in total. The topological polar surface area (TPSA) is 118 Å². The Kier molecular flexibility index (Phi) is 10.2. The number of aromatic nitrogens is 1. The van der Waals surface area contributed by atoms with Gasteiger partial charge in [0.15, 0.2) is 17.3 Å². The molecule has 222 valence electrons. The molecule has 3 aromatic carbocycles. The summed E-state index contributed by atoms with van der Waals surface area (Å²) in [5, 5.41) is 12.9. The summed E-state index contributed by atoms with van der Waals surface area (Å²) in [6.45, 7) is 0.0658. The number of hydrogen-bond donors (Lipinski definition) is 3. The summed E-state index contributed by atoms with van der Waals surface area (Å²) in [5.41, 5.74) is 3.49. The Labute approximate surface area is 247 Å². The van der Waals surface area contributed by atoms with E-state index in [0.717, 1.165) is 0 Å². The van der Waals surface area contributed by atoms with Crippen LogP contribution in [0.3, 0.4) is 0 Å². The predicted molar refractivity (Wildman–Crippen MR) is 157 cm³/mol. The third-order valence-electron chi connectivity index (χ3n) is 6.62. The van der Waals surface area contributed by atoms with Gasteiger partial charge in [0.1, 0.15) is 11.5 Å². The van der Waals surface area contributed by atoms with Crippen LogP contribution in [0.4, 0.5) is 8.78 Å². The minimum absolute atomic E-state index is 0.0454. The first-order chi connectivity index (χ1) is 20.7. The van der Waals surface area contributed by atoms with Crippen molar-refractivity contribution in [1.82, 2.24) is 10.3 Å². The highest BCUT2D eigenvalue weighted by Crippen LogP contribution is 2.39. The second-order valence-electron chi connectivity index (χ2n) is 9.63. The molecule has 0 fully saturated rings. The SMILES string of the molecule is COC(=O)C[C@H](O)CC(=O)/C=C/c1[nH]c(C(=O)NCc2ccc(F)c(OC)c2)c(-c2ccccc2)c1-c1ccc(F)cc1. The van der Waals surface area contributed by atoms with Gasteiger partial charge in [-0.15, -0.1) is 0 Å². The number of H-pyrrole nitrogens is 1. The number of nitrogens with one attached hydrogen (secondary N) is 2. The smallest absolute Gasteiger partial charge is 0.308 e. The highest BCUT2D eigenvalue weighted by atomic mass is 19.1. The van der Waals surface area contributed by atoms with Crippen molar-refractivity contribution in [2.75, 3.05) is 14.2 Å². The first kappa shape index (κ1) is 30.9. The first-order valence-electron chi connectivity index (χ1n) is 13.3. The molecular formula is C33H30F2N2O6. The number of rotatable bonds is 12. The van der Waals surface area contributed by atoms with Crippen LogP contribution in [-0.4, -0.2) is 48.1 Å². The van der Waals surface area contributed by atoms with Gasteiger partial charge in [0.2, 0.25) is 0 Å². The van der Waals surface area contributed by atoms with Crippen LogP contribution in [-0.2, 0) is 20.9 Å². The van der Waals surface area contributed by atoms with Crippen molar-refractivity contribution in [3.8, 4) is 28.0 Å². The minimum atomic E-state index is -1.23. The average Bonchev–Trinajstić information content (AvgIpc) is 3.39. The Hall–Kier alpha value is -5.09. The largest absolute Gasteiger partial charge is 0.494 e. The monoisotopic (exact) mass is 588 g/mol. The molecule has 0 bridgehead atoms. The van der Waals surface area contributed by atoms with Crippen LogP contribution in [0.2, 0.25) is 0 Å². The lowest BCUT2D eigenvalue weighted by atomic mass is 9.94. The quantitative estimate of drug-likeness (QED) is 0.149. The van der Waals surface area contributed by atoms with Gasteiger partial charge in [0, 0.05) is 29.8 Å². The Morgan fingerprint density at radius 1 is 0.930 bits per heavy atom. The Morgan fingerprint density at radius 2 is 1.63 bits per heavy atom. The number of allylic oxidation sites excluding steroid dienone is 1. The van der Waals surface area contributed by atoms with E-state index in [4.69, 9.17) is 4.74 Å². The molecule has 10 heteroatoms. The van der Waals surface area contributed by atoms with Gasteiger partial charge >= 0.3 is 5.97 Å². The molecule has 0 spiro atoms. The van der Waals surface area contributed by atoms with Gasteiger partial charge in [-0.05, 0) is 53.1 Å². The zero-order valence-electron chi connectivity index (χ0n) is 23.5. The predicted octanol–water partition coefficient (Wildman–Crippen LogP) is 5.46. The molecule has 0 aliphatic heterocycles. The second-order valence-corrected chi connectivity index (χ2v) is 9.63. The van der Waals surface area contributed by atoms with Gasteiger partial charge < -0.3 is 24.9 Å². The van der Waals surface area contributed by atoms with Gasteiger partial charge in [-0.3, -0.25) is 14.4 Å². The fourth-order valence-electron chi connectivity index (χ4n) is 4.53. The van der Waals surface area contributed by atoms with Crippen molar-refractivity contribution in [1.29, 1.82) is 0 Å². The van der Waals surface area contributed by atoms with Crippen molar-refractivity contribution < 1.29 is 37.7 Å². The molecular weight excluding hydrogens is 558 g/mol. The van der Waals surface area contributed by atoms with Gasteiger partial charge in [0.25, 0.3) is 5.91 Å². The standard InChI is InChI=1S/C33H30F2N2O6/c1-42-28-16-20(8-14-26(28)35)19-36-33(41)32-31(21-6-4-3-5-7-21)30(22-9-11-23(34)12-10-22)27(37-32)15-13-24(38)17-25(39)18-29(40)43-2/h3-16,25,37,39H,17-19H2,1-2H3,(H,36,41)/b15-13+/t25-/m1/s1.